The number of benzene rings is 2. The second kappa shape index (κ2) is 8.97. The molecule has 0 heterocycles. The number of sulfone groups is 1. The van der Waals surface area contributed by atoms with Crippen molar-refractivity contribution in [3.8, 4) is 0 Å². The van der Waals surface area contributed by atoms with Gasteiger partial charge in [-0.15, -0.1) is 0 Å². The summed E-state index contributed by atoms with van der Waals surface area (Å²) >= 11 is 0. The fraction of sp³-hybridized carbons (Fsp3) is 0.316. The van der Waals surface area contributed by atoms with Crippen LogP contribution in [-0.4, -0.2) is 35.0 Å². The van der Waals surface area contributed by atoms with Crippen LogP contribution in [0.15, 0.2) is 58.3 Å². The van der Waals surface area contributed by atoms with Crippen LogP contribution in [0.1, 0.15) is 31.0 Å². The van der Waals surface area contributed by atoms with Gasteiger partial charge in [-0.25, -0.2) is 16.8 Å². The van der Waals surface area contributed by atoms with Crippen molar-refractivity contribution in [2.75, 3.05) is 6.26 Å². The van der Waals surface area contributed by atoms with Crippen molar-refractivity contribution in [1.82, 2.24) is 10.0 Å². The van der Waals surface area contributed by atoms with E-state index in [1.807, 2.05) is 4.72 Å². The van der Waals surface area contributed by atoms with Gasteiger partial charge in [-0.05, 0) is 43.7 Å². The van der Waals surface area contributed by atoms with Gasteiger partial charge < -0.3 is 5.32 Å². The van der Waals surface area contributed by atoms with Gasteiger partial charge in [0.15, 0.2) is 9.84 Å². The lowest BCUT2D eigenvalue weighted by Gasteiger charge is -2.20. The maximum Gasteiger partial charge on any atom is 0.417 e. The molecule has 7 nitrogen and oxygen atoms in total. The summed E-state index contributed by atoms with van der Waals surface area (Å²) in [6, 6.07) is 7.40. The summed E-state index contributed by atoms with van der Waals surface area (Å²) in [4.78, 5) is 11.5. The quantitative estimate of drug-likeness (QED) is 0.636. The number of halogens is 3. The molecule has 2 atom stereocenters. The van der Waals surface area contributed by atoms with E-state index < -0.39 is 54.5 Å². The Kier molecular flexibility index (Phi) is 7.18. The summed E-state index contributed by atoms with van der Waals surface area (Å²) in [7, 11) is -8.02. The first-order valence-electron chi connectivity index (χ1n) is 8.92. The monoisotopic (exact) mass is 478 g/mol. The van der Waals surface area contributed by atoms with Gasteiger partial charge in [-0.1, -0.05) is 24.3 Å². The minimum absolute atomic E-state index is 0.0965. The van der Waals surface area contributed by atoms with E-state index >= 15 is 0 Å². The first-order chi connectivity index (χ1) is 14.1. The van der Waals surface area contributed by atoms with E-state index in [0.29, 0.717) is 11.6 Å². The third-order valence-electron chi connectivity index (χ3n) is 4.37. The Morgan fingerprint density at radius 3 is 2.00 bits per heavy atom. The van der Waals surface area contributed by atoms with E-state index in [2.05, 4.69) is 5.32 Å². The molecule has 0 radical (unpaired) electrons. The van der Waals surface area contributed by atoms with Gasteiger partial charge in [-0.3, -0.25) is 4.79 Å². The van der Waals surface area contributed by atoms with Gasteiger partial charge in [-0.2, -0.15) is 17.9 Å². The van der Waals surface area contributed by atoms with Crippen molar-refractivity contribution in [1.29, 1.82) is 0 Å². The molecule has 0 saturated carbocycles. The zero-order valence-corrected chi connectivity index (χ0v) is 18.4. The van der Waals surface area contributed by atoms with Crippen molar-refractivity contribution in [2.24, 2.45) is 0 Å². The fourth-order valence-electron chi connectivity index (χ4n) is 2.71. The smallest absolute Gasteiger partial charge is 0.348 e. The molecule has 12 heteroatoms. The van der Waals surface area contributed by atoms with Crippen LogP contribution in [0.2, 0.25) is 0 Å². The molecule has 2 aromatic rings. The van der Waals surface area contributed by atoms with Crippen LogP contribution in [0.3, 0.4) is 0 Å². The van der Waals surface area contributed by atoms with E-state index in [-0.39, 0.29) is 4.90 Å². The summed E-state index contributed by atoms with van der Waals surface area (Å²) in [6.45, 7) is 2.79. The summed E-state index contributed by atoms with van der Waals surface area (Å²) in [5.41, 5.74) is -0.785. The first kappa shape index (κ1) is 24.8. The van der Waals surface area contributed by atoms with Crippen molar-refractivity contribution < 1.29 is 34.8 Å². The molecule has 1 amide bonds. The van der Waals surface area contributed by atoms with E-state index in [4.69, 9.17) is 0 Å². The predicted octanol–water partition coefficient (Wildman–Crippen LogP) is 2.65. The number of sulfonamides is 1. The first-order valence-corrected chi connectivity index (χ1v) is 12.3. The predicted molar refractivity (Wildman–Crippen MR) is 107 cm³/mol. The van der Waals surface area contributed by atoms with Crippen molar-refractivity contribution in [3.05, 3.63) is 59.7 Å². The molecule has 0 aromatic heterocycles. The third-order valence-corrected chi connectivity index (χ3v) is 7.10. The molecule has 2 N–H and O–H groups in total. The minimum Gasteiger partial charge on any atom is -0.348 e. The molecule has 0 spiro atoms. The van der Waals surface area contributed by atoms with Crippen LogP contribution in [0, 0.1) is 0 Å². The SMILES string of the molecule is CC(NC(=O)[C@H](C)NS(=O)(=O)c1ccccc1C(F)(F)F)c1ccc(S(C)(=O)=O)cc1. The van der Waals surface area contributed by atoms with Gasteiger partial charge in [0.05, 0.1) is 27.4 Å². The molecular weight excluding hydrogens is 457 g/mol. The number of carbonyl (C=O) groups is 1. The fourth-order valence-corrected chi connectivity index (χ4v) is 4.77. The lowest BCUT2D eigenvalue weighted by atomic mass is 10.1. The molecule has 170 valence electrons. The van der Waals surface area contributed by atoms with Gasteiger partial charge >= 0.3 is 6.18 Å². The molecular formula is C19H21F3N2O5S2. The average molecular weight is 479 g/mol. The Hall–Kier alpha value is -2.44. The standard InChI is InChI=1S/C19H21F3N2O5S2/c1-12(14-8-10-15(11-9-14)30(3,26)27)23-18(25)13(2)24-31(28,29)17-7-5-4-6-16(17)19(20,21)22/h4-13,24H,1-3H3,(H,23,25)/t12?,13-/m0/s1. The Bertz CT molecular complexity index is 1160. The number of carbonyl (C=O) groups excluding carboxylic acids is 1. The molecule has 0 fully saturated rings. The Balaban J connectivity index is 2.14. The largest absolute Gasteiger partial charge is 0.417 e. The lowest BCUT2D eigenvalue weighted by Crippen LogP contribution is -2.45. The third kappa shape index (κ3) is 6.28. The number of hydrogen-bond acceptors (Lipinski definition) is 5. The van der Waals surface area contributed by atoms with Crippen LogP contribution in [0.25, 0.3) is 0 Å². The Morgan fingerprint density at radius 2 is 1.48 bits per heavy atom. The highest BCUT2D eigenvalue weighted by atomic mass is 32.2. The molecule has 0 saturated heterocycles. The molecule has 2 aromatic carbocycles. The number of hydrogen-bond donors (Lipinski definition) is 2. The average Bonchev–Trinajstić information content (AvgIpc) is 2.66. The molecule has 0 bridgehead atoms. The highest BCUT2D eigenvalue weighted by molar-refractivity contribution is 7.90. The molecule has 0 aliphatic heterocycles. The number of amides is 1. The topological polar surface area (TPSA) is 109 Å². The molecule has 2 rings (SSSR count). The van der Waals surface area contributed by atoms with Gasteiger partial charge in [0.2, 0.25) is 15.9 Å². The van der Waals surface area contributed by atoms with Crippen LogP contribution in [-0.2, 0) is 30.8 Å². The van der Waals surface area contributed by atoms with E-state index in [0.717, 1.165) is 24.5 Å². The zero-order chi connectivity index (χ0) is 23.6. The summed E-state index contributed by atoms with van der Waals surface area (Å²) in [5, 5.41) is 2.54. The second-order valence-electron chi connectivity index (χ2n) is 6.91. The molecule has 1 unspecified atom stereocenters. The van der Waals surface area contributed by atoms with E-state index in [1.165, 1.54) is 31.2 Å². The van der Waals surface area contributed by atoms with E-state index in [9.17, 15) is 34.8 Å². The van der Waals surface area contributed by atoms with Gasteiger partial charge in [0, 0.05) is 6.26 Å². The molecule has 0 aliphatic carbocycles. The normalized spacial score (nSPS) is 14.6. The zero-order valence-electron chi connectivity index (χ0n) is 16.8. The van der Waals surface area contributed by atoms with Gasteiger partial charge in [0.1, 0.15) is 0 Å². The Morgan fingerprint density at radius 1 is 0.935 bits per heavy atom. The van der Waals surface area contributed by atoms with Crippen LogP contribution in [0.4, 0.5) is 13.2 Å². The van der Waals surface area contributed by atoms with Crippen molar-refractivity contribution in [3.63, 3.8) is 0 Å². The highest BCUT2D eigenvalue weighted by Crippen LogP contribution is 2.33. The van der Waals surface area contributed by atoms with Crippen molar-refractivity contribution >= 4 is 25.8 Å². The maximum atomic E-state index is 13.1. The van der Waals surface area contributed by atoms with Crippen LogP contribution >= 0.6 is 0 Å². The highest BCUT2D eigenvalue weighted by Gasteiger charge is 2.37. The number of rotatable bonds is 7. The molecule has 31 heavy (non-hydrogen) atoms. The second-order valence-corrected chi connectivity index (χ2v) is 10.6. The lowest BCUT2D eigenvalue weighted by molar-refractivity contribution is -0.139. The maximum absolute atomic E-state index is 13.1. The van der Waals surface area contributed by atoms with E-state index in [1.54, 1.807) is 6.92 Å². The van der Waals surface area contributed by atoms with Crippen LogP contribution in [0.5, 0.6) is 0 Å². The van der Waals surface area contributed by atoms with Gasteiger partial charge in [0.25, 0.3) is 0 Å². The Labute approximate surface area is 178 Å². The summed E-state index contributed by atoms with van der Waals surface area (Å²) in [5.74, 6) is -0.771. The number of alkyl halides is 3. The summed E-state index contributed by atoms with van der Waals surface area (Å²) < 4.78 is 89.3. The molecule has 0 aliphatic rings. The van der Waals surface area contributed by atoms with Crippen molar-refractivity contribution in [2.45, 2.75) is 41.9 Å². The number of nitrogens with one attached hydrogen (secondary N) is 2. The van der Waals surface area contributed by atoms with Crippen LogP contribution < -0.4 is 10.0 Å². The summed E-state index contributed by atoms with van der Waals surface area (Å²) in [6.07, 6.45) is -3.83. The minimum atomic E-state index is -4.89.